The van der Waals surface area contributed by atoms with Crippen LogP contribution in [0, 0.1) is 0 Å². The van der Waals surface area contributed by atoms with Crippen LogP contribution in [0.5, 0.6) is 0 Å². The van der Waals surface area contributed by atoms with Crippen LogP contribution < -0.4 is 10.5 Å². The highest BCUT2D eigenvalue weighted by atomic mass is 16.2. The standard InChI is InChI=1S/C28H20N4O/c33-27-19-26-29-23-15-7-11-21-12-8-16-24(28(21)23)31(26)25(18-17-20-9-3-1-4-10-20)30-32(27)22-13-5-2-6-14-22/h1-19,29H/b18-17+. The number of hydrazone groups is 1. The number of amides is 1. The number of hydrogen-bond acceptors (Lipinski definition) is 2. The number of rotatable bonds is 3. The molecule has 0 bridgehead atoms. The molecule has 1 aliphatic rings. The third-order valence-electron chi connectivity index (χ3n) is 5.75. The Hall–Kier alpha value is -4.64. The third-order valence-corrected chi connectivity index (χ3v) is 5.75. The van der Waals surface area contributed by atoms with Crippen LogP contribution in [-0.2, 0) is 4.79 Å². The summed E-state index contributed by atoms with van der Waals surface area (Å²) in [5.41, 5.74) is 4.38. The molecule has 1 aliphatic heterocycles. The quantitative estimate of drug-likeness (QED) is 0.427. The van der Waals surface area contributed by atoms with Gasteiger partial charge in [-0.15, -0.1) is 5.10 Å². The van der Waals surface area contributed by atoms with Crippen LogP contribution >= 0.6 is 0 Å². The largest absolute Gasteiger partial charge is 0.341 e. The zero-order chi connectivity index (χ0) is 22.2. The van der Waals surface area contributed by atoms with Crippen molar-refractivity contribution in [2.24, 2.45) is 5.10 Å². The second kappa shape index (κ2) is 7.80. The van der Waals surface area contributed by atoms with Crippen molar-refractivity contribution in [3.05, 3.63) is 114 Å². The van der Waals surface area contributed by atoms with Crippen LogP contribution in [0.2, 0.25) is 0 Å². The Labute approximate surface area is 190 Å². The van der Waals surface area contributed by atoms with Gasteiger partial charge in [-0.1, -0.05) is 78.9 Å². The van der Waals surface area contributed by atoms with Gasteiger partial charge in [0, 0.05) is 17.0 Å². The summed E-state index contributed by atoms with van der Waals surface area (Å²) in [5.74, 6) is 0.415. The average Bonchev–Trinajstić information content (AvgIpc) is 3.00. The number of nitrogens with one attached hydrogen (secondary N) is 1. The fourth-order valence-electron chi connectivity index (χ4n) is 4.25. The number of H-pyrrole nitrogens is 1. The Morgan fingerprint density at radius 1 is 0.758 bits per heavy atom. The zero-order valence-electron chi connectivity index (χ0n) is 17.7. The van der Waals surface area contributed by atoms with Crippen molar-refractivity contribution < 1.29 is 4.79 Å². The molecule has 0 radical (unpaired) electrons. The van der Waals surface area contributed by atoms with E-state index >= 15 is 0 Å². The Balaban J connectivity index is 1.66. The Bertz CT molecular complexity index is 1620. The molecular weight excluding hydrogens is 408 g/mol. The molecule has 0 saturated heterocycles. The molecule has 0 aliphatic carbocycles. The SMILES string of the molecule is O=C1C=c2[nH]c3cccc4cccc(c43)n2C(/C=C/c2ccccc2)=NN1c1ccccc1. The van der Waals surface area contributed by atoms with E-state index in [1.165, 1.54) is 5.01 Å². The Kier molecular flexibility index (Phi) is 4.51. The molecule has 0 saturated carbocycles. The number of carbonyl (C=O) groups excluding carboxylic acids is 1. The first-order valence-electron chi connectivity index (χ1n) is 10.8. The van der Waals surface area contributed by atoms with E-state index in [1.807, 2.05) is 95.6 Å². The Morgan fingerprint density at radius 2 is 1.48 bits per heavy atom. The number of carbonyl (C=O) groups is 1. The minimum absolute atomic E-state index is 0.219. The molecule has 1 N–H and O–H groups in total. The van der Waals surface area contributed by atoms with Gasteiger partial charge < -0.3 is 4.98 Å². The third kappa shape index (κ3) is 3.36. The van der Waals surface area contributed by atoms with Crippen molar-refractivity contribution in [2.45, 2.75) is 0 Å². The number of benzene rings is 4. The van der Waals surface area contributed by atoms with Crippen molar-refractivity contribution in [1.82, 2.24) is 9.55 Å². The van der Waals surface area contributed by atoms with Crippen molar-refractivity contribution in [1.29, 1.82) is 0 Å². The smallest absolute Gasteiger partial charge is 0.275 e. The molecule has 5 aromatic rings. The van der Waals surface area contributed by atoms with Crippen molar-refractivity contribution in [3.63, 3.8) is 0 Å². The summed E-state index contributed by atoms with van der Waals surface area (Å²) < 4.78 is 2.01. The monoisotopic (exact) mass is 428 g/mol. The van der Waals surface area contributed by atoms with Gasteiger partial charge in [-0.25, -0.2) is 0 Å². The Morgan fingerprint density at radius 3 is 2.27 bits per heavy atom. The maximum absolute atomic E-state index is 13.3. The van der Waals surface area contributed by atoms with E-state index in [-0.39, 0.29) is 5.91 Å². The van der Waals surface area contributed by atoms with E-state index in [9.17, 15) is 4.79 Å². The molecule has 4 aromatic carbocycles. The summed E-state index contributed by atoms with van der Waals surface area (Å²) in [6.45, 7) is 0. The summed E-state index contributed by atoms with van der Waals surface area (Å²) in [6.07, 6.45) is 5.57. The lowest BCUT2D eigenvalue weighted by atomic mass is 10.1. The van der Waals surface area contributed by atoms with Gasteiger partial charge in [0.15, 0.2) is 5.84 Å². The maximum Gasteiger partial charge on any atom is 0.275 e. The predicted octanol–water partition coefficient (Wildman–Crippen LogP) is 5.11. The first kappa shape index (κ1) is 19.1. The minimum Gasteiger partial charge on any atom is -0.341 e. The fraction of sp³-hybridized carbons (Fsp3) is 0. The van der Waals surface area contributed by atoms with E-state index in [0.717, 1.165) is 27.4 Å². The van der Waals surface area contributed by atoms with Gasteiger partial charge in [0.2, 0.25) is 0 Å². The molecular formula is C28H20N4O. The van der Waals surface area contributed by atoms with Gasteiger partial charge in [0.05, 0.1) is 11.2 Å². The normalized spacial score (nSPS) is 13.8. The molecule has 33 heavy (non-hydrogen) atoms. The van der Waals surface area contributed by atoms with E-state index in [2.05, 4.69) is 23.2 Å². The minimum atomic E-state index is -0.219. The van der Waals surface area contributed by atoms with Crippen LogP contribution in [0.15, 0.2) is 108 Å². The predicted molar refractivity (Wildman–Crippen MR) is 135 cm³/mol. The first-order valence-corrected chi connectivity index (χ1v) is 10.8. The molecule has 1 amide bonds. The lowest BCUT2D eigenvalue weighted by Crippen LogP contribution is -2.29. The van der Waals surface area contributed by atoms with Crippen LogP contribution in [-0.4, -0.2) is 21.3 Å². The number of aromatic amines is 1. The van der Waals surface area contributed by atoms with Crippen LogP contribution in [0.4, 0.5) is 5.69 Å². The summed E-state index contributed by atoms with van der Waals surface area (Å²) in [4.78, 5) is 16.8. The molecule has 0 unspecified atom stereocenters. The van der Waals surface area contributed by atoms with Crippen LogP contribution in [0.25, 0.3) is 34.0 Å². The molecule has 0 fully saturated rings. The summed E-state index contributed by atoms with van der Waals surface area (Å²) in [6, 6.07) is 31.9. The number of allylic oxidation sites excluding steroid dienone is 1. The van der Waals surface area contributed by atoms with E-state index in [0.29, 0.717) is 17.0 Å². The highest BCUT2D eigenvalue weighted by Crippen LogP contribution is 2.25. The molecule has 0 spiro atoms. The number of anilines is 1. The number of hydrogen-bond donors (Lipinski definition) is 1. The van der Waals surface area contributed by atoms with Gasteiger partial charge in [0.25, 0.3) is 5.91 Å². The number of fused-ring (bicyclic) bond motifs is 2. The number of aromatic nitrogens is 2. The summed E-state index contributed by atoms with van der Waals surface area (Å²) in [7, 11) is 0. The highest BCUT2D eigenvalue weighted by Gasteiger charge is 2.20. The maximum atomic E-state index is 13.3. The van der Waals surface area contributed by atoms with Gasteiger partial charge >= 0.3 is 0 Å². The van der Waals surface area contributed by atoms with Crippen molar-refractivity contribution in [3.8, 4) is 0 Å². The topological polar surface area (TPSA) is 53.4 Å². The summed E-state index contributed by atoms with van der Waals surface area (Å²) >= 11 is 0. The molecule has 1 aromatic heterocycles. The van der Waals surface area contributed by atoms with Gasteiger partial charge in [0.1, 0.15) is 5.48 Å². The highest BCUT2D eigenvalue weighted by molar-refractivity contribution is 6.18. The molecule has 5 nitrogen and oxygen atoms in total. The van der Waals surface area contributed by atoms with Gasteiger partial charge in [-0.2, -0.15) is 5.01 Å². The van der Waals surface area contributed by atoms with Gasteiger partial charge in [-0.05, 0) is 41.3 Å². The molecule has 5 heteroatoms. The van der Waals surface area contributed by atoms with Gasteiger partial charge in [-0.3, -0.25) is 9.36 Å². The van der Waals surface area contributed by atoms with Crippen molar-refractivity contribution in [2.75, 3.05) is 5.01 Å². The van der Waals surface area contributed by atoms with Crippen LogP contribution in [0.1, 0.15) is 5.56 Å². The van der Waals surface area contributed by atoms with Crippen LogP contribution in [0.3, 0.4) is 0 Å². The summed E-state index contributed by atoms with van der Waals surface area (Å²) in [5, 5.41) is 8.50. The van der Waals surface area contributed by atoms with Crippen molar-refractivity contribution >= 4 is 51.4 Å². The fourth-order valence-corrected chi connectivity index (χ4v) is 4.25. The lowest BCUT2D eigenvalue weighted by molar-refractivity contribution is -0.112. The molecule has 6 rings (SSSR count). The average molecular weight is 428 g/mol. The second-order valence-electron chi connectivity index (χ2n) is 7.86. The van der Waals surface area contributed by atoms with E-state index < -0.39 is 0 Å². The first-order chi connectivity index (χ1) is 16.3. The molecule has 0 atom stereocenters. The number of nitrogens with zero attached hydrogens (tertiary/aromatic N) is 3. The van der Waals surface area contributed by atoms with E-state index in [1.54, 1.807) is 6.08 Å². The van der Waals surface area contributed by atoms with E-state index in [4.69, 9.17) is 5.10 Å². The lowest BCUT2D eigenvalue weighted by Gasteiger charge is -2.17. The second-order valence-corrected chi connectivity index (χ2v) is 7.86. The molecule has 158 valence electrons. The molecule has 2 heterocycles. The number of para-hydroxylation sites is 1. The zero-order valence-corrected chi connectivity index (χ0v) is 17.7.